The topological polar surface area (TPSA) is 35.2 Å². The number of hydrogen-bond donors (Lipinski definition) is 1. The van der Waals surface area contributed by atoms with Crippen LogP contribution in [0.2, 0.25) is 0 Å². The normalized spacial score (nSPS) is 28.2. The van der Waals surface area contributed by atoms with Crippen LogP contribution in [-0.2, 0) is 11.2 Å². The van der Waals surface area contributed by atoms with Crippen LogP contribution in [0.4, 0.5) is 0 Å². The van der Waals surface area contributed by atoms with E-state index in [1.54, 1.807) is 0 Å². The first-order valence-corrected chi connectivity index (χ1v) is 9.84. The molecular weight excluding hydrogens is 306 g/mol. The van der Waals surface area contributed by atoms with Crippen molar-refractivity contribution < 1.29 is 4.74 Å². The summed E-state index contributed by atoms with van der Waals surface area (Å²) in [6, 6.07) is 8.98. The number of hydrogen-bond acceptors (Lipinski definition) is 2. The number of rotatable bonds is 5. The van der Waals surface area contributed by atoms with Crippen LogP contribution in [0.5, 0.6) is 0 Å². The van der Waals surface area contributed by atoms with Gasteiger partial charge < -0.3 is 10.5 Å². The number of allylic oxidation sites excluding steroid dienone is 2. The Hall–Kier alpha value is -1.54. The van der Waals surface area contributed by atoms with Gasteiger partial charge in [0.05, 0.1) is 12.7 Å². The molecule has 0 aromatic heterocycles. The van der Waals surface area contributed by atoms with Crippen LogP contribution >= 0.6 is 0 Å². The van der Waals surface area contributed by atoms with E-state index in [9.17, 15) is 0 Å². The molecule has 2 N–H and O–H groups in total. The highest BCUT2D eigenvalue weighted by Crippen LogP contribution is 2.34. The SMILES string of the molecule is CC.Cc1ccc(CC2CCC(OCC3(C)C=CC(N)=CC3)C2)cc1. The van der Waals surface area contributed by atoms with Gasteiger partial charge in [0.15, 0.2) is 0 Å². The number of aryl methyl sites for hydroxylation is 1. The summed E-state index contributed by atoms with van der Waals surface area (Å²) in [6.45, 7) is 9.20. The fourth-order valence-corrected chi connectivity index (χ4v) is 3.62. The van der Waals surface area contributed by atoms with Gasteiger partial charge >= 0.3 is 0 Å². The van der Waals surface area contributed by atoms with Crippen molar-refractivity contribution in [1.29, 1.82) is 0 Å². The molecule has 0 amide bonds. The van der Waals surface area contributed by atoms with Gasteiger partial charge in [0, 0.05) is 11.1 Å². The van der Waals surface area contributed by atoms with Gasteiger partial charge in [0.2, 0.25) is 0 Å². The lowest BCUT2D eigenvalue weighted by molar-refractivity contribution is 0.0146. The predicted octanol–water partition coefficient (Wildman–Crippen LogP) is 5.56. The average molecular weight is 342 g/mol. The largest absolute Gasteiger partial charge is 0.399 e. The first kappa shape index (κ1) is 19.8. The summed E-state index contributed by atoms with van der Waals surface area (Å²) in [5.74, 6) is 0.771. The molecule has 2 aliphatic rings. The molecule has 0 saturated heterocycles. The lowest BCUT2D eigenvalue weighted by Gasteiger charge is -2.28. The summed E-state index contributed by atoms with van der Waals surface area (Å²) in [7, 11) is 0. The van der Waals surface area contributed by atoms with Crippen LogP contribution in [-0.4, -0.2) is 12.7 Å². The first-order valence-electron chi connectivity index (χ1n) is 9.84. The van der Waals surface area contributed by atoms with Crippen LogP contribution in [0.1, 0.15) is 57.6 Å². The monoisotopic (exact) mass is 341 g/mol. The molecule has 0 aliphatic heterocycles. The summed E-state index contributed by atoms with van der Waals surface area (Å²) in [5.41, 5.74) is 9.59. The minimum Gasteiger partial charge on any atom is -0.399 e. The number of benzene rings is 1. The molecule has 2 aliphatic carbocycles. The fraction of sp³-hybridized carbons (Fsp3) is 0.565. The van der Waals surface area contributed by atoms with Crippen molar-refractivity contribution >= 4 is 0 Å². The summed E-state index contributed by atoms with van der Waals surface area (Å²) >= 11 is 0. The third-order valence-corrected chi connectivity index (χ3v) is 5.27. The zero-order valence-corrected chi connectivity index (χ0v) is 16.4. The highest BCUT2D eigenvalue weighted by molar-refractivity contribution is 5.23. The lowest BCUT2D eigenvalue weighted by Crippen LogP contribution is -2.26. The Balaban J connectivity index is 0.00000109. The molecule has 138 valence electrons. The lowest BCUT2D eigenvalue weighted by atomic mass is 9.84. The van der Waals surface area contributed by atoms with E-state index in [-0.39, 0.29) is 5.41 Å². The van der Waals surface area contributed by atoms with Crippen LogP contribution in [0, 0.1) is 18.3 Å². The average Bonchev–Trinajstić information content (AvgIpc) is 3.08. The van der Waals surface area contributed by atoms with Gasteiger partial charge in [-0.2, -0.15) is 0 Å². The van der Waals surface area contributed by atoms with Crippen molar-refractivity contribution in [3.8, 4) is 0 Å². The Morgan fingerprint density at radius 2 is 1.88 bits per heavy atom. The highest BCUT2D eigenvalue weighted by atomic mass is 16.5. The Kier molecular flexibility index (Phi) is 7.31. The molecule has 3 atom stereocenters. The van der Waals surface area contributed by atoms with Gasteiger partial charge in [-0.1, -0.05) is 62.8 Å². The molecule has 1 aromatic carbocycles. The summed E-state index contributed by atoms with van der Waals surface area (Å²) in [5, 5.41) is 0. The van der Waals surface area contributed by atoms with E-state index in [4.69, 9.17) is 10.5 Å². The van der Waals surface area contributed by atoms with Crippen molar-refractivity contribution in [2.75, 3.05) is 6.61 Å². The second-order valence-corrected chi connectivity index (χ2v) is 7.70. The van der Waals surface area contributed by atoms with Gasteiger partial charge in [0.25, 0.3) is 0 Å². The van der Waals surface area contributed by atoms with Crippen LogP contribution < -0.4 is 5.73 Å². The second-order valence-electron chi connectivity index (χ2n) is 7.70. The van der Waals surface area contributed by atoms with E-state index in [1.807, 2.05) is 19.9 Å². The van der Waals surface area contributed by atoms with E-state index in [0.717, 1.165) is 24.6 Å². The molecule has 3 unspecified atom stereocenters. The molecule has 25 heavy (non-hydrogen) atoms. The molecule has 0 heterocycles. The molecule has 1 saturated carbocycles. The van der Waals surface area contributed by atoms with Crippen molar-refractivity contribution in [2.24, 2.45) is 17.1 Å². The van der Waals surface area contributed by atoms with Crippen LogP contribution in [0.15, 0.2) is 48.2 Å². The third-order valence-electron chi connectivity index (χ3n) is 5.27. The van der Waals surface area contributed by atoms with Crippen molar-refractivity contribution in [3.63, 3.8) is 0 Å². The Labute approximate surface area is 154 Å². The first-order chi connectivity index (χ1) is 12.0. The van der Waals surface area contributed by atoms with E-state index in [1.165, 1.54) is 36.8 Å². The van der Waals surface area contributed by atoms with E-state index < -0.39 is 0 Å². The standard InChI is InChI=1S/C21H29NO.C2H6/c1-16-3-5-17(6-4-16)13-18-7-8-20(14-18)23-15-21(2)11-9-19(22)10-12-21;1-2/h3-6,9-11,18,20H,7-8,12-15,22H2,1-2H3;1-2H3. The van der Waals surface area contributed by atoms with Gasteiger partial charge in [0.1, 0.15) is 0 Å². The van der Waals surface area contributed by atoms with Crippen LogP contribution in [0.25, 0.3) is 0 Å². The Morgan fingerprint density at radius 1 is 1.16 bits per heavy atom. The number of ether oxygens (including phenoxy) is 1. The molecule has 0 spiro atoms. The fourth-order valence-electron chi connectivity index (χ4n) is 3.62. The predicted molar refractivity (Wildman–Crippen MR) is 107 cm³/mol. The summed E-state index contributed by atoms with van der Waals surface area (Å²) < 4.78 is 6.25. The van der Waals surface area contributed by atoms with Crippen molar-refractivity contribution in [2.45, 2.75) is 65.9 Å². The number of nitrogens with two attached hydrogens (primary N) is 1. The second kappa shape index (κ2) is 9.24. The molecule has 3 rings (SSSR count). The maximum absolute atomic E-state index is 6.25. The minimum atomic E-state index is 0.109. The maximum atomic E-state index is 6.25. The zero-order chi connectivity index (χ0) is 18.3. The Bertz CT molecular complexity index is 587. The van der Waals surface area contributed by atoms with Gasteiger partial charge in [-0.25, -0.2) is 0 Å². The molecule has 0 radical (unpaired) electrons. The van der Waals surface area contributed by atoms with Crippen molar-refractivity contribution in [1.82, 2.24) is 0 Å². The zero-order valence-electron chi connectivity index (χ0n) is 16.4. The third kappa shape index (κ3) is 6.04. The summed E-state index contributed by atoms with van der Waals surface area (Å²) in [4.78, 5) is 0. The Morgan fingerprint density at radius 3 is 2.52 bits per heavy atom. The van der Waals surface area contributed by atoms with E-state index in [0.29, 0.717) is 6.10 Å². The van der Waals surface area contributed by atoms with E-state index in [2.05, 4.69) is 50.3 Å². The minimum absolute atomic E-state index is 0.109. The maximum Gasteiger partial charge on any atom is 0.0578 e. The van der Waals surface area contributed by atoms with Gasteiger partial charge in [-0.05, 0) is 56.6 Å². The van der Waals surface area contributed by atoms with Gasteiger partial charge in [-0.3, -0.25) is 0 Å². The van der Waals surface area contributed by atoms with Crippen molar-refractivity contribution in [3.05, 3.63) is 59.3 Å². The smallest absolute Gasteiger partial charge is 0.0578 e. The highest BCUT2D eigenvalue weighted by Gasteiger charge is 2.29. The van der Waals surface area contributed by atoms with E-state index >= 15 is 0 Å². The van der Waals surface area contributed by atoms with Crippen LogP contribution in [0.3, 0.4) is 0 Å². The molecule has 1 fully saturated rings. The quantitative estimate of drug-likeness (QED) is 0.761. The molecular formula is C23H35NO. The van der Waals surface area contributed by atoms with Gasteiger partial charge in [-0.15, -0.1) is 0 Å². The molecule has 2 nitrogen and oxygen atoms in total. The molecule has 0 bridgehead atoms. The molecule has 2 heteroatoms. The summed E-state index contributed by atoms with van der Waals surface area (Å²) in [6.07, 6.45) is 12.6. The molecule has 1 aromatic rings.